The SMILES string of the molecule is Cc1cc(=O)oc2cc(NC(=O)[C@@H](NC(=O)c3ccccc3F)C(C)C)ccc12. The summed E-state index contributed by atoms with van der Waals surface area (Å²) >= 11 is 0. The van der Waals surface area contributed by atoms with Crippen LogP contribution in [-0.4, -0.2) is 17.9 Å². The van der Waals surface area contributed by atoms with Crippen molar-refractivity contribution < 1.29 is 18.4 Å². The Labute approximate surface area is 166 Å². The molecule has 2 aromatic carbocycles. The topological polar surface area (TPSA) is 88.4 Å². The summed E-state index contributed by atoms with van der Waals surface area (Å²) in [6, 6.07) is 11.1. The van der Waals surface area contributed by atoms with Gasteiger partial charge in [0.15, 0.2) is 0 Å². The van der Waals surface area contributed by atoms with Gasteiger partial charge in [-0.15, -0.1) is 0 Å². The van der Waals surface area contributed by atoms with E-state index in [9.17, 15) is 18.8 Å². The van der Waals surface area contributed by atoms with E-state index in [4.69, 9.17) is 4.42 Å². The summed E-state index contributed by atoms with van der Waals surface area (Å²) in [6.45, 7) is 5.34. The van der Waals surface area contributed by atoms with Gasteiger partial charge in [0.25, 0.3) is 5.91 Å². The molecule has 0 unspecified atom stereocenters. The van der Waals surface area contributed by atoms with Crippen LogP contribution in [-0.2, 0) is 4.79 Å². The highest BCUT2D eigenvalue weighted by Gasteiger charge is 2.26. The molecular formula is C22H21FN2O4. The van der Waals surface area contributed by atoms with E-state index in [0.29, 0.717) is 11.3 Å². The largest absolute Gasteiger partial charge is 0.423 e. The molecule has 0 radical (unpaired) electrons. The fourth-order valence-corrected chi connectivity index (χ4v) is 3.02. The van der Waals surface area contributed by atoms with Crippen molar-refractivity contribution in [2.45, 2.75) is 26.8 Å². The molecular weight excluding hydrogens is 375 g/mol. The average molecular weight is 396 g/mol. The number of hydrogen-bond acceptors (Lipinski definition) is 4. The van der Waals surface area contributed by atoms with Gasteiger partial charge in [-0.25, -0.2) is 9.18 Å². The molecule has 150 valence electrons. The summed E-state index contributed by atoms with van der Waals surface area (Å²) in [5, 5.41) is 6.06. The van der Waals surface area contributed by atoms with Crippen LogP contribution in [0, 0.1) is 18.7 Å². The predicted octanol–water partition coefficient (Wildman–Crippen LogP) is 3.63. The Balaban J connectivity index is 1.81. The molecule has 0 aliphatic heterocycles. The van der Waals surface area contributed by atoms with Gasteiger partial charge in [0.1, 0.15) is 17.4 Å². The highest BCUT2D eigenvalue weighted by atomic mass is 19.1. The number of fused-ring (bicyclic) bond motifs is 1. The van der Waals surface area contributed by atoms with E-state index < -0.39 is 29.3 Å². The number of benzene rings is 2. The lowest BCUT2D eigenvalue weighted by Gasteiger charge is -2.22. The van der Waals surface area contributed by atoms with Crippen molar-refractivity contribution in [3.8, 4) is 0 Å². The first-order valence-corrected chi connectivity index (χ1v) is 9.17. The van der Waals surface area contributed by atoms with Crippen LogP contribution in [0.3, 0.4) is 0 Å². The Kier molecular flexibility index (Phi) is 5.77. The number of carbonyl (C=O) groups excluding carboxylic acids is 2. The summed E-state index contributed by atoms with van der Waals surface area (Å²) in [4.78, 5) is 36.8. The molecule has 3 rings (SSSR count). The molecule has 0 bridgehead atoms. The predicted molar refractivity (Wildman–Crippen MR) is 108 cm³/mol. The number of rotatable bonds is 5. The highest BCUT2D eigenvalue weighted by molar-refractivity contribution is 6.02. The third-order valence-electron chi connectivity index (χ3n) is 4.57. The standard InChI is InChI=1S/C22H21FN2O4/c1-12(2)20(25-21(27)16-6-4-5-7-17(16)23)22(28)24-14-8-9-15-13(3)10-19(26)29-18(15)11-14/h4-12,20H,1-3H3,(H,24,28)(H,25,27)/t20-/m0/s1. The maximum absolute atomic E-state index is 13.9. The van der Waals surface area contributed by atoms with Crippen molar-refractivity contribution in [2.75, 3.05) is 5.32 Å². The number of anilines is 1. The van der Waals surface area contributed by atoms with Crippen molar-refractivity contribution in [2.24, 2.45) is 5.92 Å². The number of aryl methyl sites for hydroxylation is 1. The van der Waals surface area contributed by atoms with E-state index in [1.807, 2.05) is 0 Å². The molecule has 0 fully saturated rings. The Morgan fingerprint density at radius 3 is 2.48 bits per heavy atom. The fourth-order valence-electron chi connectivity index (χ4n) is 3.02. The molecule has 1 atom stereocenters. The average Bonchev–Trinajstić information content (AvgIpc) is 2.65. The van der Waals surface area contributed by atoms with E-state index >= 15 is 0 Å². The van der Waals surface area contributed by atoms with Gasteiger partial charge in [0.2, 0.25) is 5.91 Å². The first kappa shape index (κ1) is 20.3. The molecule has 7 heteroatoms. The molecule has 0 aliphatic rings. The molecule has 6 nitrogen and oxygen atoms in total. The zero-order valence-electron chi connectivity index (χ0n) is 16.3. The lowest BCUT2D eigenvalue weighted by Crippen LogP contribution is -2.47. The number of hydrogen-bond donors (Lipinski definition) is 2. The quantitative estimate of drug-likeness (QED) is 0.645. The van der Waals surface area contributed by atoms with Crippen LogP contribution in [0.4, 0.5) is 10.1 Å². The van der Waals surface area contributed by atoms with Gasteiger partial charge in [-0.3, -0.25) is 9.59 Å². The lowest BCUT2D eigenvalue weighted by molar-refractivity contribution is -0.118. The van der Waals surface area contributed by atoms with Crippen molar-refractivity contribution in [1.29, 1.82) is 0 Å². The number of halogens is 1. The second-order valence-electron chi connectivity index (χ2n) is 7.12. The maximum atomic E-state index is 13.9. The highest BCUT2D eigenvalue weighted by Crippen LogP contribution is 2.21. The van der Waals surface area contributed by atoms with Gasteiger partial charge in [-0.1, -0.05) is 26.0 Å². The van der Waals surface area contributed by atoms with Gasteiger partial charge in [0, 0.05) is 23.2 Å². The molecule has 0 saturated carbocycles. The smallest absolute Gasteiger partial charge is 0.336 e. The van der Waals surface area contributed by atoms with Gasteiger partial charge >= 0.3 is 5.63 Å². The van der Waals surface area contributed by atoms with Gasteiger partial charge in [-0.05, 0) is 42.7 Å². The maximum Gasteiger partial charge on any atom is 0.336 e. The van der Waals surface area contributed by atoms with E-state index in [0.717, 1.165) is 10.9 Å². The Bertz CT molecular complexity index is 1140. The van der Waals surface area contributed by atoms with E-state index in [-0.39, 0.29) is 11.5 Å². The van der Waals surface area contributed by atoms with E-state index in [1.165, 1.54) is 24.3 Å². The molecule has 0 aliphatic carbocycles. The zero-order valence-corrected chi connectivity index (χ0v) is 16.3. The minimum absolute atomic E-state index is 0.131. The van der Waals surface area contributed by atoms with E-state index in [2.05, 4.69) is 10.6 Å². The normalized spacial score (nSPS) is 12.0. The fraction of sp³-hybridized carbons (Fsp3) is 0.227. The number of carbonyl (C=O) groups is 2. The molecule has 2 N–H and O–H groups in total. The van der Waals surface area contributed by atoms with Crippen molar-refractivity contribution in [3.05, 3.63) is 75.9 Å². The third kappa shape index (κ3) is 4.51. The molecule has 1 aromatic heterocycles. The van der Waals surface area contributed by atoms with Crippen molar-refractivity contribution >= 4 is 28.5 Å². The minimum atomic E-state index is -0.887. The lowest BCUT2D eigenvalue weighted by atomic mass is 10.0. The van der Waals surface area contributed by atoms with Crippen molar-refractivity contribution in [3.63, 3.8) is 0 Å². The summed E-state index contributed by atoms with van der Waals surface area (Å²) in [5.74, 6) is -2.03. The molecule has 3 aromatic rings. The monoisotopic (exact) mass is 396 g/mol. The Hall–Kier alpha value is -3.48. The zero-order chi connectivity index (χ0) is 21.1. The van der Waals surface area contributed by atoms with Gasteiger partial charge in [0.05, 0.1) is 5.56 Å². The van der Waals surface area contributed by atoms with Crippen LogP contribution >= 0.6 is 0 Å². The van der Waals surface area contributed by atoms with Crippen LogP contribution in [0.25, 0.3) is 11.0 Å². The molecule has 2 amide bonds. The van der Waals surface area contributed by atoms with Crippen LogP contribution in [0.2, 0.25) is 0 Å². The second kappa shape index (κ2) is 8.26. The molecule has 29 heavy (non-hydrogen) atoms. The van der Waals surface area contributed by atoms with E-state index in [1.54, 1.807) is 45.0 Å². The van der Waals surface area contributed by atoms with Gasteiger partial charge < -0.3 is 15.1 Å². The van der Waals surface area contributed by atoms with Crippen LogP contribution in [0.5, 0.6) is 0 Å². The molecule has 0 saturated heterocycles. The summed E-state index contributed by atoms with van der Waals surface area (Å²) < 4.78 is 19.0. The Morgan fingerprint density at radius 2 is 1.79 bits per heavy atom. The first-order chi connectivity index (χ1) is 13.8. The minimum Gasteiger partial charge on any atom is -0.423 e. The number of amides is 2. The van der Waals surface area contributed by atoms with Crippen LogP contribution in [0.1, 0.15) is 29.8 Å². The van der Waals surface area contributed by atoms with Crippen LogP contribution < -0.4 is 16.3 Å². The van der Waals surface area contributed by atoms with Gasteiger partial charge in [-0.2, -0.15) is 0 Å². The molecule has 0 spiro atoms. The summed E-state index contributed by atoms with van der Waals surface area (Å²) in [6.07, 6.45) is 0. The third-order valence-corrected chi connectivity index (χ3v) is 4.57. The second-order valence-corrected chi connectivity index (χ2v) is 7.12. The first-order valence-electron chi connectivity index (χ1n) is 9.17. The summed E-state index contributed by atoms with van der Waals surface area (Å²) in [7, 11) is 0. The Morgan fingerprint density at radius 1 is 1.07 bits per heavy atom. The number of nitrogens with one attached hydrogen (secondary N) is 2. The summed E-state index contributed by atoms with van der Waals surface area (Å²) in [5.41, 5.74) is 0.933. The van der Waals surface area contributed by atoms with Crippen molar-refractivity contribution in [1.82, 2.24) is 5.32 Å². The molecule has 1 heterocycles. The van der Waals surface area contributed by atoms with Crippen LogP contribution in [0.15, 0.2) is 57.7 Å².